The summed E-state index contributed by atoms with van der Waals surface area (Å²) in [6.45, 7) is 1.99. The third-order valence-electron chi connectivity index (χ3n) is 3.15. The summed E-state index contributed by atoms with van der Waals surface area (Å²) in [6, 6.07) is 5.86. The van der Waals surface area contributed by atoms with Crippen molar-refractivity contribution >= 4 is 6.09 Å². The van der Waals surface area contributed by atoms with E-state index in [1.54, 1.807) is 6.07 Å². The van der Waals surface area contributed by atoms with Crippen molar-refractivity contribution in [2.45, 2.75) is 37.9 Å². The van der Waals surface area contributed by atoms with Crippen LogP contribution in [0, 0.1) is 0 Å². The molecule has 0 heterocycles. The van der Waals surface area contributed by atoms with E-state index in [0.29, 0.717) is 0 Å². The number of halogens is 6. The zero-order valence-electron chi connectivity index (χ0n) is 12.8. The van der Waals surface area contributed by atoms with Gasteiger partial charge in [0.2, 0.25) is 0 Å². The molecule has 0 fully saturated rings. The van der Waals surface area contributed by atoms with Gasteiger partial charge in [-0.1, -0.05) is 30.3 Å². The summed E-state index contributed by atoms with van der Waals surface area (Å²) in [4.78, 5) is 11.3. The van der Waals surface area contributed by atoms with Gasteiger partial charge in [0.1, 0.15) is 0 Å². The van der Waals surface area contributed by atoms with Crippen LogP contribution in [0.3, 0.4) is 0 Å². The Hall–Kier alpha value is -1.97. The molecular formula is C14H16F6N2O2. The minimum atomic E-state index is -5.86. The average molecular weight is 358 g/mol. The molecular weight excluding hydrogens is 342 g/mol. The SMILES string of the molecule is CCOC(=O)NC(NC(C)c1ccccc1)(C(F)(F)F)C(F)(F)F. The van der Waals surface area contributed by atoms with Crippen molar-refractivity contribution in [3.63, 3.8) is 0 Å². The summed E-state index contributed by atoms with van der Waals surface area (Å²) in [7, 11) is 0. The van der Waals surface area contributed by atoms with Gasteiger partial charge in [-0.2, -0.15) is 26.3 Å². The number of carbonyl (C=O) groups is 1. The van der Waals surface area contributed by atoms with Crippen molar-refractivity contribution < 1.29 is 35.9 Å². The van der Waals surface area contributed by atoms with E-state index < -0.39 is 30.2 Å². The summed E-state index contributed by atoms with van der Waals surface area (Å²) in [5, 5.41) is 2.34. The monoisotopic (exact) mass is 358 g/mol. The van der Waals surface area contributed by atoms with Crippen molar-refractivity contribution in [2.75, 3.05) is 6.61 Å². The molecule has 0 aliphatic rings. The molecule has 136 valence electrons. The fourth-order valence-corrected chi connectivity index (χ4v) is 1.97. The second-order valence-electron chi connectivity index (χ2n) is 4.87. The second kappa shape index (κ2) is 7.29. The number of nitrogens with one attached hydrogen (secondary N) is 2. The molecule has 2 N–H and O–H groups in total. The molecule has 0 radical (unpaired) electrons. The first-order valence-electron chi connectivity index (χ1n) is 6.85. The van der Waals surface area contributed by atoms with Crippen LogP contribution in [-0.4, -0.2) is 30.7 Å². The molecule has 1 aromatic carbocycles. The standard InChI is InChI=1S/C14H16F6N2O2/c1-3-24-11(23)22-12(13(15,16)17,14(18,19)20)21-9(2)10-7-5-4-6-8-10/h4-9,21H,3H2,1-2H3,(H,22,23). The van der Waals surface area contributed by atoms with Crippen LogP contribution in [0.5, 0.6) is 0 Å². The fourth-order valence-electron chi connectivity index (χ4n) is 1.97. The first-order chi connectivity index (χ1) is 10.9. The lowest BCUT2D eigenvalue weighted by Gasteiger charge is -2.40. The number of amides is 1. The van der Waals surface area contributed by atoms with Crippen LogP contribution < -0.4 is 10.6 Å². The Labute approximate surface area is 134 Å². The largest absolute Gasteiger partial charge is 0.450 e. The Morgan fingerprint density at radius 1 is 1.08 bits per heavy atom. The van der Waals surface area contributed by atoms with Gasteiger partial charge in [-0.3, -0.25) is 10.6 Å². The second-order valence-corrected chi connectivity index (χ2v) is 4.87. The number of alkyl carbamates (subject to hydrolysis) is 1. The number of hydrogen-bond donors (Lipinski definition) is 2. The Morgan fingerprint density at radius 2 is 1.58 bits per heavy atom. The Balaban J connectivity index is 3.27. The lowest BCUT2D eigenvalue weighted by atomic mass is 10.0. The van der Waals surface area contributed by atoms with Crippen LogP contribution in [0.15, 0.2) is 30.3 Å². The van der Waals surface area contributed by atoms with E-state index in [0.717, 1.165) is 12.2 Å². The number of alkyl halides is 6. The molecule has 0 aromatic heterocycles. The van der Waals surface area contributed by atoms with E-state index in [-0.39, 0.29) is 12.2 Å². The predicted molar refractivity (Wildman–Crippen MR) is 73.0 cm³/mol. The zero-order chi connectivity index (χ0) is 18.6. The molecule has 1 rings (SSSR count). The molecule has 0 saturated heterocycles. The third-order valence-corrected chi connectivity index (χ3v) is 3.15. The smallest absolute Gasteiger partial charge is 0.434 e. The van der Waals surface area contributed by atoms with Gasteiger partial charge in [0.15, 0.2) is 0 Å². The van der Waals surface area contributed by atoms with Gasteiger partial charge in [-0.25, -0.2) is 4.79 Å². The predicted octanol–water partition coefficient (Wildman–Crippen LogP) is 3.90. The first kappa shape index (κ1) is 20.1. The van der Waals surface area contributed by atoms with Crippen molar-refractivity contribution in [3.05, 3.63) is 35.9 Å². The van der Waals surface area contributed by atoms with Crippen molar-refractivity contribution in [1.29, 1.82) is 0 Å². The maximum atomic E-state index is 13.3. The van der Waals surface area contributed by atoms with E-state index in [1.165, 1.54) is 36.5 Å². The molecule has 0 aliphatic heterocycles. The molecule has 10 heteroatoms. The normalized spacial score (nSPS) is 14.2. The molecule has 1 amide bonds. The summed E-state index contributed by atoms with van der Waals surface area (Å²) < 4.78 is 84.0. The molecule has 1 unspecified atom stereocenters. The van der Waals surface area contributed by atoms with Gasteiger partial charge < -0.3 is 4.74 Å². The summed E-state index contributed by atoms with van der Waals surface area (Å²) in [5.74, 6) is 0. The lowest BCUT2D eigenvalue weighted by Crippen LogP contribution is -2.75. The highest BCUT2D eigenvalue weighted by Crippen LogP contribution is 2.42. The van der Waals surface area contributed by atoms with Gasteiger partial charge in [-0.15, -0.1) is 0 Å². The lowest BCUT2D eigenvalue weighted by molar-refractivity contribution is -0.317. The molecule has 1 atom stereocenters. The third kappa shape index (κ3) is 4.31. The van der Waals surface area contributed by atoms with Crippen LogP contribution in [0.1, 0.15) is 25.5 Å². The average Bonchev–Trinajstić information content (AvgIpc) is 2.45. The molecule has 0 bridgehead atoms. The van der Waals surface area contributed by atoms with Crippen LogP contribution in [0.2, 0.25) is 0 Å². The summed E-state index contributed by atoms with van der Waals surface area (Å²) in [6.07, 6.45) is -13.6. The van der Waals surface area contributed by atoms with Gasteiger partial charge in [0, 0.05) is 6.04 Å². The van der Waals surface area contributed by atoms with Gasteiger partial charge in [-0.05, 0) is 19.4 Å². The number of carbonyl (C=O) groups excluding carboxylic acids is 1. The molecule has 0 aliphatic carbocycles. The van der Waals surface area contributed by atoms with Crippen molar-refractivity contribution in [2.24, 2.45) is 0 Å². The quantitative estimate of drug-likeness (QED) is 0.620. The fraction of sp³-hybridized carbons (Fsp3) is 0.500. The van der Waals surface area contributed by atoms with Crippen molar-refractivity contribution in [1.82, 2.24) is 10.6 Å². The van der Waals surface area contributed by atoms with Crippen molar-refractivity contribution in [3.8, 4) is 0 Å². The van der Waals surface area contributed by atoms with E-state index >= 15 is 0 Å². The molecule has 4 nitrogen and oxygen atoms in total. The zero-order valence-corrected chi connectivity index (χ0v) is 12.8. The number of ether oxygens (including phenoxy) is 1. The minimum absolute atomic E-state index is 0.182. The highest BCUT2D eigenvalue weighted by Gasteiger charge is 2.72. The van der Waals surface area contributed by atoms with Crippen LogP contribution >= 0.6 is 0 Å². The highest BCUT2D eigenvalue weighted by molar-refractivity contribution is 5.68. The van der Waals surface area contributed by atoms with Gasteiger partial charge >= 0.3 is 18.4 Å². The number of benzene rings is 1. The topological polar surface area (TPSA) is 50.4 Å². The molecule has 1 aromatic rings. The van der Waals surface area contributed by atoms with E-state index in [4.69, 9.17) is 0 Å². The van der Waals surface area contributed by atoms with E-state index in [1.807, 2.05) is 0 Å². The summed E-state index contributed by atoms with van der Waals surface area (Å²) >= 11 is 0. The maximum Gasteiger partial charge on any atom is 0.434 e. The Kier molecular flexibility index (Phi) is 6.09. The van der Waals surface area contributed by atoms with Crippen LogP contribution in [0.4, 0.5) is 31.1 Å². The van der Waals surface area contributed by atoms with E-state index in [2.05, 4.69) is 4.74 Å². The molecule has 0 spiro atoms. The molecule has 0 saturated carbocycles. The van der Waals surface area contributed by atoms with Crippen LogP contribution in [0.25, 0.3) is 0 Å². The number of hydrogen-bond acceptors (Lipinski definition) is 3. The van der Waals surface area contributed by atoms with E-state index in [9.17, 15) is 31.1 Å². The highest BCUT2D eigenvalue weighted by atomic mass is 19.4. The Morgan fingerprint density at radius 3 is 2.00 bits per heavy atom. The first-order valence-corrected chi connectivity index (χ1v) is 6.85. The van der Waals surface area contributed by atoms with Gasteiger partial charge in [0.25, 0.3) is 5.66 Å². The minimum Gasteiger partial charge on any atom is -0.450 e. The summed E-state index contributed by atoms with van der Waals surface area (Å²) in [5.41, 5.74) is -4.47. The van der Waals surface area contributed by atoms with Gasteiger partial charge in [0.05, 0.1) is 6.61 Å². The Bertz CT molecular complexity index is 530. The number of rotatable bonds is 5. The molecule has 24 heavy (non-hydrogen) atoms. The maximum absolute atomic E-state index is 13.3. The van der Waals surface area contributed by atoms with Crippen LogP contribution in [-0.2, 0) is 4.74 Å².